The molecule has 1 aromatic carbocycles. The second-order valence-electron chi connectivity index (χ2n) is 4.04. The summed E-state index contributed by atoms with van der Waals surface area (Å²) >= 11 is 0. The number of fused-ring (bicyclic) bond motifs is 1. The maximum absolute atomic E-state index is 12.2. The van der Waals surface area contributed by atoms with E-state index in [9.17, 15) is 8.42 Å². The minimum Gasteiger partial charge on any atom is -0.486 e. The summed E-state index contributed by atoms with van der Waals surface area (Å²) < 4.78 is 37.6. The van der Waals surface area contributed by atoms with Crippen molar-refractivity contribution in [2.45, 2.75) is 17.9 Å². The van der Waals surface area contributed by atoms with Crippen LogP contribution in [0.15, 0.2) is 23.1 Å². The Morgan fingerprint density at radius 2 is 2.05 bits per heavy atom. The molecule has 0 bridgehead atoms. The third-order valence-electron chi connectivity index (χ3n) is 2.53. The van der Waals surface area contributed by atoms with Crippen LogP contribution in [0.3, 0.4) is 0 Å². The monoisotopic (exact) mass is 308 g/mol. The number of halogens is 1. The van der Waals surface area contributed by atoms with Crippen LogP contribution in [0.2, 0.25) is 0 Å². The van der Waals surface area contributed by atoms with Crippen molar-refractivity contribution in [3.63, 3.8) is 0 Å². The Labute approximate surface area is 118 Å². The van der Waals surface area contributed by atoms with Gasteiger partial charge in [0.2, 0.25) is 10.0 Å². The van der Waals surface area contributed by atoms with Crippen LogP contribution in [0, 0.1) is 0 Å². The standard InChI is InChI=1S/C11H16N2O4S.ClH/c1-8(7-12)13-18(14,15)10-4-2-3-9-11(10)17-6-5-16-9;/h2-4,8,13H,5-7,12H2,1H3;1H/t8-;/m0./s1. The highest BCUT2D eigenvalue weighted by molar-refractivity contribution is 7.89. The van der Waals surface area contributed by atoms with E-state index in [1.54, 1.807) is 19.1 Å². The average molecular weight is 309 g/mol. The lowest BCUT2D eigenvalue weighted by Crippen LogP contribution is -2.38. The highest BCUT2D eigenvalue weighted by atomic mass is 35.5. The van der Waals surface area contributed by atoms with Gasteiger partial charge in [-0.3, -0.25) is 0 Å². The molecule has 0 aromatic heterocycles. The predicted molar refractivity (Wildman–Crippen MR) is 73.5 cm³/mol. The Morgan fingerprint density at radius 1 is 1.37 bits per heavy atom. The van der Waals surface area contributed by atoms with Gasteiger partial charge in [0.05, 0.1) is 0 Å². The molecule has 0 aliphatic carbocycles. The topological polar surface area (TPSA) is 90.7 Å². The normalized spacial score (nSPS) is 15.5. The largest absolute Gasteiger partial charge is 0.486 e. The Bertz CT molecular complexity index is 535. The Kier molecular flexibility index (Phi) is 5.42. The summed E-state index contributed by atoms with van der Waals surface area (Å²) in [6.07, 6.45) is 0. The van der Waals surface area contributed by atoms with Crippen LogP contribution in [-0.2, 0) is 10.0 Å². The van der Waals surface area contributed by atoms with Crippen LogP contribution < -0.4 is 19.9 Å². The summed E-state index contributed by atoms with van der Waals surface area (Å²) in [4.78, 5) is 0.0833. The van der Waals surface area contributed by atoms with Gasteiger partial charge in [-0.1, -0.05) is 6.07 Å². The van der Waals surface area contributed by atoms with Crippen molar-refractivity contribution in [3.8, 4) is 11.5 Å². The fourth-order valence-corrected chi connectivity index (χ4v) is 3.05. The molecule has 0 radical (unpaired) electrons. The van der Waals surface area contributed by atoms with E-state index in [1.165, 1.54) is 6.07 Å². The molecule has 6 nitrogen and oxygen atoms in total. The van der Waals surface area contributed by atoms with E-state index in [4.69, 9.17) is 15.2 Å². The number of para-hydroxylation sites is 1. The van der Waals surface area contributed by atoms with Crippen LogP contribution in [0.5, 0.6) is 11.5 Å². The lowest BCUT2D eigenvalue weighted by molar-refractivity contribution is 0.167. The second kappa shape index (κ2) is 6.42. The smallest absolute Gasteiger partial charge is 0.244 e. The van der Waals surface area contributed by atoms with E-state index in [-0.39, 0.29) is 35.6 Å². The number of benzene rings is 1. The van der Waals surface area contributed by atoms with Crippen molar-refractivity contribution in [1.82, 2.24) is 4.72 Å². The SMILES string of the molecule is C[C@@H](CN)NS(=O)(=O)c1cccc2c1OCCO2.Cl. The molecule has 3 N–H and O–H groups in total. The van der Waals surface area contributed by atoms with Gasteiger partial charge < -0.3 is 15.2 Å². The first kappa shape index (κ1) is 16.0. The van der Waals surface area contributed by atoms with Crippen LogP contribution in [0.1, 0.15) is 6.92 Å². The lowest BCUT2D eigenvalue weighted by atomic mass is 10.3. The summed E-state index contributed by atoms with van der Waals surface area (Å²) in [7, 11) is -3.65. The van der Waals surface area contributed by atoms with E-state index < -0.39 is 10.0 Å². The zero-order valence-electron chi connectivity index (χ0n) is 10.5. The molecule has 0 unspecified atom stereocenters. The highest BCUT2D eigenvalue weighted by Crippen LogP contribution is 2.36. The van der Waals surface area contributed by atoms with E-state index >= 15 is 0 Å². The predicted octanol–water partition coefficient (Wildman–Crippen LogP) is 0.505. The third-order valence-corrected chi connectivity index (χ3v) is 4.14. The van der Waals surface area contributed by atoms with E-state index in [1.807, 2.05) is 0 Å². The molecule has 0 spiro atoms. The van der Waals surface area contributed by atoms with Crippen molar-refractivity contribution in [1.29, 1.82) is 0 Å². The molecule has 0 amide bonds. The molecule has 108 valence electrons. The van der Waals surface area contributed by atoms with Crippen molar-refractivity contribution >= 4 is 22.4 Å². The quantitative estimate of drug-likeness (QED) is 0.845. The first-order chi connectivity index (χ1) is 8.54. The van der Waals surface area contributed by atoms with Crippen LogP contribution in [0.4, 0.5) is 0 Å². The van der Waals surface area contributed by atoms with Gasteiger partial charge in [0.15, 0.2) is 11.5 Å². The van der Waals surface area contributed by atoms with Crippen LogP contribution in [0.25, 0.3) is 0 Å². The van der Waals surface area contributed by atoms with Crippen molar-refractivity contribution in [2.24, 2.45) is 5.73 Å². The van der Waals surface area contributed by atoms with E-state index in [2.05, 4.69) is 4.72 Å². The zero-order valence-corrected chi connectivity index (χ0v) is 12.1. The number of nitrogens with two attached hydrogens (primary N) is 1. The minimum absolute atomic E-state index is 0. The molecular weight excluding hydrogens is 292 g/mol. The number of hydrogen-bond acceptors (Lipinski definition) is 5. The summed E-state index contributed by atoms with van der Waals surface area (Å²) in [5.74, 6) is 0.713. The first-order valence-corrected chi connectivity index (χ1v) is 7.14. The number of nitrogens with one attached hydrogen (secondary N) is 1. The second-order valence-corrected chi connectivity index (χ2v) is 5.72. The fraction of sp³-hybridized carbons (Fsp3) is 0.455. The number of hydrogen-bond donors (Lipinski definition) is 2. The Hall–Kier alpha value is -1.02. The van der Waals surface area contributed by atoms with Crippen molar-refractivity contribution in [3.05, 3.63) is 18.2 Å². The van der Waals surface area contributed by atoms with Gasteiger partial charge >= 0.3 is 0 Å². The Morgan fingerprint density at radius 3 is 2.74 bits per heavy atom. The molecule has 8 heteroatoms. The molecule has 1 atom stereocenters. The van der Waals surface area contributed by atoms with Gasteiger partial charge in [-0.05, 0) is 19.1 Å². The maximum Gasteiger partial charge on any atom is 0.244 e. The molecule has 0 saturated carbocycles. The molecule has 19 heavy (non-hydrogen) atoms. The fourth-order valence-electron chi connectivity index (χ4n) is 1.64. The third kappa shape index (κ3) is 3.50. The molecule has 1 aliphatic rings. The summed E-state index contributed by atoms with van der Waals surface area (Å²) in [6, 6.07) is 4.45. The summed E-state index contributed by atoms with van der Waals surface area (Å²) in [5, 5.41) is 0. The van der Waals surface area contributed by atoms with Gasteiger partial charge in [0.1, 0.15) is 18.1 Å². The van der Waals surface area contributed by atoms with Gasteiger partial charge in [0, 0.05) is 12.6 Å². The molecule has 2 rings (SSSR count). The van der Waals surface area contributed by atoms with E-state index in [0.717, 1.165) is 0 Å². The zero-order chi connectivity index (χ0) is 13.2. The molecule has 1 aromatic rings. The van der Waals surface area contributed by atoms with Crippen LogP contribution >= 0.6 is 12.4 Å². The average Bonchev–Trinajstić information content (AvgIpc) is 2.37. The minimum atomic E-state index is -3.65. The molecule has 0 saturated heterocycles. The van der Waals surface area contributed by atoms with E-state index in [0.29, 0.717) is 19.0 Å². The first-order valence-electron chi connectivity index (χ1n) is 5.65. The molecule has 1 heterocycles. The maximum atomic E-state index is 12.2. The van der Waals surface area contributed by atoms with Gasteiger partial charge in [0.25, 0.3) is 0 Å². The van der Waals surface area contributed by atoms with Crippen molar-refractivity contribution < 1.29 is 17.9 Å². The Balaban J connectivity index is 0.00000180. The highest BCUT2D eigenvalue weighted by Gasteiger charge is 2.25. The van der Waals surface area contributed by atoms with Gasteiger partial charge in [-0.25, -0.2) is 13.1 Å². The van der Waals surface area contributed by atoms with Crippen molar-refractivity contribution in [2.75, 3.05) is 19.8 Å². The molecule has 0 fully saturated rings. The number of rotatable bonds is 4. The summed E-state index contributed by atoms with van der Waals surface area (Å²) in [5.41, 5.74) is 5.41. The van der Waals surface area contributed by atoms with Gasteiger partial charge in [-0.15, -0.1) is 12.4 Å². The summed E-state index contributed by atoms with van der Waals surface area (Å²) in [6.45, 7) is 2.69. The lowest BCUT2D eigenvalue weighted by Gasteiger charge is -2.21. The van der Waals surface area contributed by atoms with Crippen LogP contribution in [-0.4, -0.2) is 34.2 Å². The number of ether oxygens (including phenoxy) is 2. The van der Waals surface area contributed by atoms with Gasteiger partial charge in [-0.2, -0.15) is 0 Å². The number of sulfonamides is 1. The molecule has 1 aliphatic heterocycles. The molecular formula is C11H17ClN2O4S.